The van der Waals surface area contributed by atoms with Crippen LogP contribution in [0.3, 0.4) is 0 Å². The number of carboxylic acids is 2. The third-order valence-corrected chi connectivity index (χ3v) is 2.66. The Kier molecular flexibility index (Phi) is 2.94. The predicted octanol–water partition coefficient (Wildman–Crippen LogP) is 0.648. The second-order valence-electron chi connectivity index (χ2n) is 4.61. The minimum atomic E-state index is -1.71. The Morgan fingerprint density at radius 2 is 1.94 bits per heavy atom. The van der Waals surface area contributed by atoms with Gasteiger partial charge >= 0.3 is 17.9 Å². The summed E-state index contributed by atoms with van der Waals surface area (Å²) in [4.78, 5) is 33.2. The van der Waals surface area contributed by atoms with Crippen molar-refractivity contribution in [1.29, 1.82) is 0 Å². The van der Waals surface area contributed by atoms with Crippen LogP contribution in [-0.4, -0.2) is 33.7 Å². The SMILES string of the molecule is CC1(C)CC(CCC(=O)O)(C(=O)O)C(=O)O1. The molecule has 90 valence electrons. The predicted molar refractivity (Wildman–Crippen MR) is 51.7 cm³/mol. The van der Waals surface area contributed by atoms with Crippen molar-refractivity contribution in [2.45, 2.75) is 38.7 Å². The highest BCUT2D eigenvalue weighted by molar-refractivity contribution is 6.01. The molecule has 0 amide bonds. The first kappa shape index (κ1) is 12.5. The summed E-state index contributed by atoms with van der Waals surface area (Å²) in [6, 6.07) is 0. The van der Waals surface area contributed by atoms with Crippen molar-refractivity contribution >= 4 is 17.9 Å². The molecule has 0 radical (unpaired) electrons. The van der Waals surface area contributed by atoms with E-state index in [2.05, 4.69) is 0 Å². The van der Waals surface area contributed by atoms with Gasteiger partial charge in [0.25, 0.3) is 0 Å². The van der Waals surface area contributed by atoms with Gasteiger partial charge in [0.05, 0.1) is 0 Å². The number of hydrogen-bond donors (Lipinski definition) is 2. The lowest BCUT2D eigenvalue weighted by atomic mass is 9.78. The molecule has 6 nitrogen and oxygen atoms in total. The van der Waals surface area contributed by atoms with E-state index >= 15 is 0 Å². The van der Waals surface area contributed by atoms with Crippen molar-refractivity contribution in [3.63, 3.8) is 0 Å². The topological polar surface area (TPSA) is 101 Å². The number of rotatable bonds is 4. The van der Waals surface area contributed by atoms with Crippen LogP contribution in [0.2, 0.25) is 0 Å². The van der Waals surface area contributed by atoms with Crippen molar-refractivity contribution in [2.24, 2.45) is 5.41 Å². The number of carbonyl (C=O) groups is 3. The first-order valence-electron chi connectivity index (χ1n) is 4.88. The number of carbonyl (C=O) groups excluding carboxylic acids is 1. The Morgan fingerprint density at radius 1 is 1.38 bits per heavy atom. The van der Waals surface area contributed by atoms with Crippen LogP contribution in [-0.2, 0) is 19.1 Å². The summed E-state index contributed by atoms with van der Waals surface area (Å²) in [5, 5.41) is 17.6. The number of esters is 1. The molecule has 0 aromatic rings. The standard InChI is InChI=1S/C10H14O6/c1-9(2)5-10(7(13)14,8(15)16-9)4-3-6(11)12/h3-5H2,1-2H3,(H,11,12)(H,13,14). The van der Waals surface area contributed by atoms with E-state index in [1.54, 1.807) is 13.8 Å². The van der Waals surface area contributed by atoms with Crippen molar-refractivity contribution < 1.29 is 29.3 Å². The number of ether oxygens (including phenoxy) is 1. The maximum Gasteiger partial charge on any atom is 0.324 e. The van der Waals surface area contributed by atoms with Crippen molar-refractivity contribution in [2.75, 3.05) is 0 Å². The highest BCUT2D eigenvalue weighted by Crippen LogP contribution is 2.43. The molecule has 16 heavy (non-hydrogen) atoms. The molecule has 0 bridgehead atoms. The zero-order chi connectivity index (χ0) is 12.6. The Hall–Kier alpha value is -1.59. The molecule has 6 heteroatoms. The monoisotopic (exact) mass is 230 g/mol. The van der Waals surface area contributed by atoms with Crippen LogP contribution in [0.5, 0.6) is 0 Å². The second kappa shape index (κ2) is 3.77. The summed E-state index contributed by atoms with van der Waals surface area (Å²) in [7, 11) is 0. The summed E-state index contributed by atoms with van der Waals surface area (Å²) in [5.41, 5.74) is -2.56. The van der Waals surface area contributed by atoms with E-state index < -0.39 is 28.9 Å². The molecule has 1 atom stereocenters. The molecular weight excluding hydrogens is 216 g/mol. The molecule has 1 fully saturated rings. The van der Waals surface area contributed by atoms with Crippen molar-refractivity contribution in [3.8, 4) is 0 Å². The molecule has 0 aromatic heterocycles. The van der Waals surface area contributed by atoms with E-state index in [0.717, 1.165) is 0 Å². The third-order valence-electron chi connectivity index (χ3n) is 2.66. The normalized spacial score (nSPS) is 27.5. The molecular formula is C10H14O6. The molecule has 1 saturated heterocycles. The van der Waals surface area contributed by atoms with Gasteiger partial charge in [-0.3, -0.25) is 14.4 Å². The number of carboxylic acid groups (broad SMARTS) is 2. The van der Waals surface area contributed by atoms with E-state index in [4.69, 9.17) is 14.9 Å². The lowest BCUT2D eigenvalue weighted by Gasteiger charge is -2.19. The molecule has 0 saturated carbocycles. The minimum absolute atomic E-state index is 0.00144. The van der Waals surface area contributed by atoms with Crippen LogP contribution in [0.4, 0.5) is 0 Å². The van der Waals surface area contributed by atoms with Gasteiger partial charge in [0.15, 0.2) is 5.41 Å². The summed E-state index contributed by atoms with van der Waals surface area (Å²) in [5.74, 6) is -3.28. The van der Waals surface area contributed by atoms with E-state index in [-0.39, 0.29) is 19.3 Å². The van der Waals surface area contributed by atoms with Crippen LogP contribution in [0, 0.1) is 5.41 Å². The zero-order valence-electron chi connectivity index (χ0n) is 9.15. The fourth-order valence-electron chi connectivity index (χ4n) is 1.96. The van der Waals surface area contributed by atoms with Gasteiger partial charge in [-0.25, -0.2) is 0 Å². The molecule has 0 spiro atoms. The summed E-state index contributed by atoms with van der Waals surface area (Å²) < 4.78 is 4.95. The summed E-state index contributed by atoms with van der Waals surface area (Å²) in [6.45, 7) is 3.21. The summed E-state index contributed by atoms with van der Waals surface area (Å²) >= 11 is 0. The lowest BCUT2D eigenvalue weighted by Crippen LogP contribution is -2.36. The Morgan fingerprint density at radius 3 is 2.25 bits per heavy atom. The van der Waals surface area contributed by atoms with E-state index in [1.807, 2.05) is 0 Å². The van der Waals surface area contributed by atoms with Crippen LogP contribution >= 0.6 is 0 Å². The highest BCUT2D eigenvalue weighted by atomic mass is 16.6. The quantitative estimate of drug-likeness (QED) is 0.543. The molecule has 1 aliphatic heterocycles. The van der Waals surface area contributed by atoms with Crippen LogP contribution < -0.4 is 0 Å². The number of hydrogen-bond acceptors (Lipinski definition) is 4. The molecule has 1 rings (SSSR count). The third kappa shape index (κ3) is 2.15. The first-order valence-corrected chi connectivity index (χ1v) is 4.88. The van der Waals surface area contributed by atoms with Crippen LogP contribution in [0.25, 0.3) is 0 Å². The Labute approximate surface area is 92.2 Å². The molecule has 0 aliphatic carbocycles. The molecule has 0 aromatic carbocycles. The highest BCUT2D eigenvalue weighted by Gasteiger charge is 2.57. The van der Waals surface area contributed by atoms with Gasteiger partial charge in [-0.15, -0.1) is 0 Å². The van der Waals surface area contributed by atoms with Crippen molar-refractivity contribution in [3.05, 3.63) is 0 Å². The van der Waals surface area contributed by atoms with E-state index in [9.17, 15) is 14.4 Å². The van der Waals surface area contributed by atoms with Crippen molar-refractivity contribution in [1.82, 2.24) is 0 Å². The largest absolute Gasteiger partial charge is 0.481 e. The van der Waals surface area contributed by atoms with Gasteiger partial charge in [-0.2, -0.15) is 0 Å². The average molecular weight is 230 g/mol. The van der Waals surface area contributed by atoms with Gasteiger partial charge in [-0.05, 0) is 20.3 Å². The molecule has 1 unspecified atom stereocenters. The fraction of sp³-hybridized carbons (Fsp3) is 0.700. The van der Waals surface area contributed by atoms with E-state index in [1.165, 1.54) is 0 Å². The van der Waals surface area contributed by atoms with Gasteiger partial charge in [0.2, 0.25) is 0 Å². The maximum atomic E-state index is 11.6. The maximum absolute atomic E-state index is 11.6. The second-order valence-corrected chi connectivity index (χ2v) is 4.61. The lowest BCUT2D eigenvalue weighted by molar-refractivity contribution is -0.163. The smallest absolute Gasteiger partial charge is 0.324 e. The van der Waals surface area contributed by atoms with Gasteiger partial charge in [0.1, 0.15) is 5.60 Å². The fourth-order valence-corrected chi connectivity index (χ4v) is 1.96. The van der Waals surface area contributed by atoms with Gasteiger partial charge < -0.3 is 14.9 Å². The van der Waals surface area contributed by atoms with E-state index in [0.29, 0.717) is 0 Å². The van der Waals surface area contributed by atoms with Crippen LogP contribution in [0.1, 0.15) is 33.1 Å². The number of cyclic esters (lactones) is 1. The summed E-state index contributed by atoms with van der Waals surface area (Å²) in [6.07, 6.45) is -0.598. The molecule has 1 aliphatic rings. The van der Waals surface area contributed by atoms with Gasteiger partial charge in [0, 0.05) is 12.8 Å². The Bertz CT molecular complexity index is 345. The zero-order valence-corrected chi connectivity index (χ0v) is 9.15. The van der Waals surface area contributed by atoms with Crippen LogP contribution in [0.15, 0.2) is 0 Å². The minimum Gasteiger partial charge on any atom is -0.481 e. The average Bonchev–Trinajstić information content (AvgIpc) is 2.33. The van der Waals surface area contributed by atoms with Gasteiger partial charge in [-0.1, -0.05) is 0 Å². The Balaban J connectivity index is 2.94. The first-order chi connectivity index (χ1) is 7.19. The molecule has 1 heterocycles. The molecule has 2 N–H and O–H groups in total. The number of aliphatic carboxylic acids is 2.